The third-order valence-corrected chi connectivity index (χ3v) is 4.56. The highest BCUT2D eigenvalue weighted by Gasteiger charge is 2.14. The van der Waals surface area contributed by atoms with Gasteiger partial charge < -0.3 is 20.3 Å². The van der Waals surface area contributed by atoms with Crippen molar-refractivity contribution in [3.8, 4) is 0 Å². The van der Waals surface area contributed by atoms with Crippen LogP contribution in [0.5, 0.6) is 0 Å². The number of guanidine groups is 1. The minimum absolute atomic E-state index is 0.749. The van der Waals surface area contributed by atoms with E-state index in [0.717, 1.165) is 51.8 Å². The zero-order chi connectivity index (χ0) is 18.0. The molecule has 0 spiro atoms. The number of para-hydroxylation sites is 1. The number of hydrogen-bond donors (Lipinski definition) is 2. The Bertz CT molecular complexity index is 696. The van der Waals surface area contributed by atoms with Crippen LogP contribution in [-0.4, -0.2) is 45.9 Å². The lowest BCUT2D eigenvalue weighted by Gasteiger charge is -2.30. The summed E-state index contributed by atoms with van der Waals surface area (Å²) >= 11 is 0. The van der Waals surface area contributed by atoms with Gasteiger partial charge in [0.2, 0.25) is 0 Å². The smallest absolute Gasteiger partial charge is 0.191 e. The first kappa shape index (κ1) is 18.3. The summed E-state index contributed by atoms with van der Waals surface area (Å²) in [7, 11) is 1.81. The van der Waals surface area contributed by atoms with Gasteiger partial charge in [-0.25, -0.2) is 0 Å². The van der Waals surface area contributed by atoms with Crippen LogP contribution in [0.15, 0.2) is 59.6 Å². The third kappa shape index (κ3) is 5.23. The number of anilines is 1. The van der Waals surface area contributed by atoms with Crippen molar-refractivity contribution >= 4 is 11.6 Å². The number of morpholine rings is 1. The summed E-state index contributed by atoms with van der Waals surface area (Å²) in [6.45, 7) is 5.09. The molecule has 2 aromatic carbocycles. The van der Waals surface area contributed by atoms with Crippen LogP contribution in [0.1, 0.15) is 11.1 Å². The molecule has 5 nitrogen and oxygen atoms in total. The maximum Gasteiger partial charge on any atom is 0.191 e. The fourth-order valence-electron chi connectivity index (χ4n) is 3.14. The number of nitrogens with zero attached hydrogens (tertiary/aromatic N) is 2. The van der Waals surface area contributed by atoms with E-state index in [2.05, 4.69) is 69.1 Å². The summed E-state index contributed by atoms with van der Waals surface area (Å²) in [5.41, 5.74) is 3.89. The van der Waals surface area contributed by atoms with Crippen molar-refractivity contribution in [1.29, 1.82) is 0 Å². The minimum atomic E-state index is 0.749. The zero-order valence-corrected chi connectivity index (χ0v) is 15.4. The average Bonchev–Trinajstić information content (AvgIpc) is 2.72. The molecule has 0 atom stereocenters. The molecule has 3 rings (SSSR count). The second-order valence-electron chi connectivity index (χ2n) is 6.32. The predicted molar refractivity (Wildman–Crippen MR) is 108 cm³/mol. The van der Waals surface area contributed by atoms with Crippen LogP contribution in [0.25, 0.3) is 0 Å². The van der Waals surface area contributed by atoms with Crippen molar-refractivity contribution in [1.82, 2.24) is 10.6 Å². The molecule has 2 N–H and O–H groups in total. The maximum absolute atomic E-state index is 5.47. The van der Waals surface area contributed by atoms with Crippen LogP contribution in [0.2, 0.25) is 0 Å². The van der Waals surface area contributed by atoms with E-state index in [1.807, 2.05) is 13.1 Å². The second-order valence-corrected chi connectivity index (χ2v) is 6.32. The molecule has 1 fully saturated rings. The van der Waals surface area contributed by atoms with Crippen molar-refractivity contribution < 1.29 is 4.74 Å². The Morgan fingerprint density at radius 2 is 1.73 bits per heavy atom. The molecular formula is C21H28N4O. The van der Waals surface area contributed by atoms with E-state index in [0.29, 0.717) is 0 Å². The van der Waals surface area contributed by atoms with Gasteiger partial charge in [-0.2, -0.15) is 0 Å². The minimum Gasteiger partial charge on any atom is -0.378 e. The summed E-state index contributed by atoms with van der Waals surface area (Å²) in [5.74, 6) is 0.831. The van der Waals surface area contributed by atoms with Gasteiger partial charge in [0.15, 0.2) is 5.96 Å². The molecule has 0 bridgehead atoms. The molecule has 0 radical (unpaired) electrons. The van der Waals surface area contributed by atoms with Gasteiger partial charge in [-0.3, -0.25) is 4.99 Å². The first-order valence-corrected chi connectivity index (χ1v) is 9.26. The first-order valence-electron chi connectivity index (χ1n) is 9.26. The van der Waals surface area contributed by atoms with Crippen molar-refractivity contribution in [2.24, 2.45) is 4.99 Å². The highest BCUT2D eigenvalue weighted by molar-refractivity contribution is 5.79. The quantitative estimate of drug-likeness (QED) is 0.619. The number of ether oxygens (including phenoxy) is 1. The molecule has 1 aliphatic rings. The van der Waals surface area contributed by atoms with Gasteiger partial charge in [0, 0.05) is 38.9 Å². The van der Waals surface area contributed by atoms with Gasteiger partial charge in [-0.05, 0) is 23.6 Å². The Morgan fingerprint density at radius 1 is 1.00 bits per heavy atom. The van der Waals surface area contributed by atoms with E-state index < -0.39 is 0 Å². The highest BCUT2D eigenvalue weighted by atomic mass is 16.5. The zero-order valence-electron chi connectivity index (χ0n) is 15.4. The lowest BCUT2D eigenvalue weighted by atomic mass is 10.1. The molecule has 1 heterocycles. The number of nitrogens with one attached hydrogen (secondary N) is 2. The Morgan fingerprint density at radius 3 is 2.50 bits per heavy atom. The lowest BCUT2D eigenvalue weighted by Crippen LogP contribution is -2.39. The fraction of sp³-hybridized carbons (Fsp3) is 0.381. The normalized spacial score (nSPS) is 15.0. The first-order chi connectivity index (χ1) is 12.9. The van der Waals surface area contributed by atoms with Gasteiger partial charge in [0.05, 0.1) is 13.2 Å². The highest BCUT2D eigenvalue weighted by Crippen LogP contribution is 2.21. The summed E-state index contributed by atoms with van der Waals surface area (Å²) in [6.07, 6.45) is 0.978. The Balaban J connectivity index is 1.52. The van der Waals surface area contributed by atoms with Crippen molar-refractivity contribution in [2.75, 3.05) is 44.8 Å². The lowest BCUT2D eigenvalue weighted by molar-refractivity contribution is 0.122. The molecule has 1 saturated heterocycles. The second kappa shape index (κ2) is 9.82. The molecular weight excluding hydrogens is 324 g/mol. The Kier molecular flexibility index (Phi) is 6.90. The van der Waals surface area contributed by atoms with Gasteiger partial charge >= 0.3 is 0 Å². The third-order valence-electron chi connectivity index (χ3n) is 4.56. The van der Waals surface area contributed by atoms with E-state index in [1.165, 1.54) is 16.8 Å². The van der Waals surface area contributed by atoms with Gasteiger partial charge in [-0.15, -0.1) is 0 Å². The number of aliphatic imine (C=N–C) groups is 1. The number of rotatable bonds is 6. The van der Waals surface area contributed by atoms with E-state index in [1.54, 1.807) is 0 Å². The standard InChI is InChI=1S/C21H28N4O/c1-22-21(23-12-11-18-7-3-2-4-8-18)24-17-19-9-5-6-10-20(19)25-13-15-26-16-14-25/h2-10H,11-17H2,1H3,(H2,22,23,24). The van der Waals surface area contributed by atoms with E-state index in [-0.39, 0.29) is 0 Å². The van der Waals surface area contributed by atoms with E-state index >= 15 is 0 Å². The molecule has 5 heteroatoms. The van der Waals surface area contributed by atoms with Crippen molar-refractivity contribution in [3.63, 3.8) is 0 Å². The van der Waals surface area contributed by atoms with Crippen LogP contribution in [-0.2, 0) is 17.7 Å². The van der Waals surface area contributed by atoms with Gasteiger partial charge in [0.1, 0.15) is 0 Å². The van der Waals surface area contributed by atoms with Gasteiger partial charge in [0.25, 0.3) is 0 Å². The molecule has 0 unspecified atom stereocenters. The number of benzene rings is 2. The van der Waals surface area contributed by atoms with Crippen LogP contribution >= 0.6 is 0 Å². The Hall–Kier alpha value is -2.53. The van der Waals surface area contributed by atoms with Crippen LogP contribution < -0.4 is 15.5 Å². The molecule has 0 aliphatic carbocycles. The molecule has 0 aromatic heterocycles. The topological polar surface area (TPSA) is 48.9 Å². The molecule has 0 amide bonds. The van der Waals surface area contributed by atoms with E-state index in [4.69, 9.17) is 4.74 Å². The van der Waals surface area contributed by atoms with Gasteiger partial charge in [-0.1, -0.05) is 48.5 Å². The molecule has 26 heavy (non-hydrogen) atoms. The fourth-order valence-corrected chi connectivity index (χ4v) is 3.14. The largest absolute Gasteiger partial charge is 0.378 e. The average molecular weight is 352 g/mol. The predicted octanol–water partition coefficient (Wildman–Crippen LogP) is 2.43. The van der Waals surface area contributed by atoms with Crippen LogP contribution in [0.4, 0.5) is 5.69 Å². The molecule has 138 valence electrons. The summed E-state index contributed by atoms with van der Waals surface area (Å²) in [5, 5.41) is 6.82. The Labute approximate surface area is 156 Å². The van der Waals surface area contributed by atoms with Crippen LogP contribution in [0.3, 0.4) is 0 Å². The van der Waals surface area contributed by atoms with E-state index in [9.17, 15) is 0 Å². The van der Waals surface area contributed by atoms with Crippen molar-refractivity contribution in [3.05, 3.63) is 65.7 Å². The number of hydrogen-bond acceptors (Lipinski definition) is 3. The molecule has 2 aromatic rings. The monoisotopic (exact) mass is 352 g/mol. The summed E-state index contributed by atoms with van der Waals surface area (Å²) in [6, 6.07) is 19.0. The molecule has 0 saturated carbocycles. The van der Waals surface area contributed by atoms with Crippen LogP contribution in [0, 0.1) is 0 Å². The molecule has 1 aliphatic heterocycles. The van der Waals surface area contributed by atoms with Crippen molar-refractivity contribution in [2.45, 2.75) is 13.0 Å². The summed E-state index contributed by atoms with van der Waals surface area (Å²) in [4.78, 5) is 6.73. The summed E-state index contributed by atoms with van der Waals surface area (Å²) < 4.78 is 5.47. The SMILES string of the molecule is CN=C(NCCc1ccccc1)NCc1ccccc1N1CCOCC1. The maximum atomic E-state index is 5.47.